The number of carbonyl (C=O) groups is 3. The Labute approximate surface area is 183 Å². The van der Waals surface area contributed by atoms with Gasteiger partial charge in [0.2, 0.25) is 5.91 Å². The van der Waals surface area contributed by atoms with Crippen molar-refractivity contribution in [2.24, 2.45) is 0 Å². The molecule has 1 heterocycles. The average molecular weight is 430 g/mol. The van der Waals surface area contributed by atoms with E-state index in [1.54, 1.807) is 60.7 Å². The fraction of sp³-hybridized carbons (Fsp3) is 0.0800. The first-order valence-corrected chi connectivity index (χ1v) is 9.87. The van der Waals surface area contributed by atoms with Gasteiger partial charge in [-0.2, -0.15) is 0 Å². The Morgan fingerprint density at radius 1 is 0.938 bits per heavy atom. The van der Waals surface area contributed by atoms with E-state index in [0.29, 0.717) is 16.9 Å². The van der Waals surface area contributed by atoms with Crippen LogP contribution in [0.2, 0.25) is 0 Å². The second kappa shape index (κ2) is 8.47. The van der Waals surface area contributed by atoms with E-state index in [0.717, 1.165) is 4.90 Å². The number of anilines is 2. The molecule has 1 aliphatic rings. The standard InChI is InChI=1S/C25H19FN2O4/c1-15(29)27-17-11-13-18(14-12-17)28-22(19-9-5-6-10-20(19)26)21(24(31)25(28)32)23(30)16-7-3-2-4-8-16/h2-14,22,30H,1H3,(H,27,29)/b23-21+/t22-/m0/s1. The van der Waals surface area contributed by atoms with Gasteiger partial charge >= 0.3 is 0 Å². The molecule has 32 heavy (non-hydrogen) atoms. The zero-order chi connectivity index (χ0) is 22.8. The Bertz CT molecular complexity index is 1240. The Morgan fingerprint density at radius 2 is 1.56 bits per heavy atom. The number of nitrogens with zero attached hydrogens (tertiary/aromatic N) is 1. The second-order valence-electron chi connectivity index (χ2n) is 7.28. The first-order valence-electron chi connectivity index (χ1n) is 9.87. The lowest BCUT2D eigenvalue weighted by atomic mass is 9.94. The molecule has 0 unspecified atom stereocenters. The van der Waals surface area contributed by atoms with Crippen LogP contribution in [-0.2, 0) is 14.4 Å². The number of nitrogens with one attached hydrogen (secondary N) is 1. The number of amides is 2. The number of hydrogen-bond donors (Lipinski definition) is 2. The Morgan fingerprint density at radius 3 is 2.19 bits per heavy atom. The number of aliphatic hydroxyl groups is 1. The minimum Gasteiger partial charge on any atom is -0.507 e. The van der Waals surface area contributed by atoms with Gasteiger partial charge in [-0.3, -0.25) is 19.3 Å². The number of Topliss-reactive ketones (excluding diaryl/α,β-unsaturated/α-hetero) is 1. The summed E-state index contributed by atoms with van der Waals surface area (Å²) in [6, 6.07) is 19.2. The highest BCUT2D eigenvalue weighted by Crippen LogP contribution is 2.43. The van der Waals surface area contributed by atoms with Crippen LogP contribution in [0.5, 0.6) is 0 Å². The average Bonchev–Trinajstić information content (AvgIpc) is 3.05. The van der Waals surface area contributed by atoms with Gasteiger partial charge in [-0.15, -0.1) is 0 Å². The molecule has 4 rings (SSSR count). The molecule has 1 atom stereocenters. The largest absolute Gasteiger partial charge is 0.507 e. The molecule has 6 nitrogen and oxygen atoms in total. The molecule has 2 amide bonds. The molecule has 3 aromatic rings. The zero-order valence-electron chi connectivity index (χ0n) is 17.1. The topological polar surface area (TPSA) is 86.7 Å². The zero-order valence-corrected chi connectivity index (χ0v) is 17.1. The number of ketones is 1. The van der Waals surface area contributed by atoms with Gasteiger partial charge in [-0.25, -0.2) is 4.39 Å². The second-order valence-corrected chi connectivity index (χ2v) is 7.28. The van der Waals surface area contributed by atoms with Gasteiger partial charge in [0.05, 0.1) is 11.6 Å². The smallest absolute Gasteiger partial charge is 0.300 e. The Balaban J connectivity index is 1.89. The highest BCUT2D eigenvalue weighted by molar-refractivity contribution is 6.51. The van der Waals surface area contributed by atoms with Crippen molar-refractivity contribution in [1.82, 2.24) is 0 Å². The van der Waals surface area contributed by atoms with E-state index in [4.69, 9.17) is 0 Å². The van der Waals surface area contributed by atoms with Crippen molar-refractivity contribution in [2.45, 2.75) is 13.0 Å². The summed E-state index contributed by atoms with van der Waals surface area (Å²) >= 11 is 0. The maximum Gasteiger partial charge on any atom is 0.300 e. The van der Waals surface area contributed by atoms with Crippen LogP contribution in [0.3, 0.4) is 0 Å². The van der Waals surface area contributed by atoms with Crippen LogP contribution in [0.15, 0.2) is 84.4 Å². The number of benzene rings is 3. The van der Waals surface area contributed by atoms with Crippen molar-refractivity contribution < 1.29 is 23.9 Å². The van der Waals surface area contributed by atoms with Crippen LogP contribution in [0, 0.1) is 5.82 Å². The summed E-state index contributed by atoms with van der Waals surface area (Å²) in [5.74, 6) is -3.05. The molecule has 0 aliphatic carbocycles. The number of hydrogen-bond acceptors (Lipinski definition) is 4. The van der Waals surface area contributed by atoms with Crippen LogP contribution in [0.4, 0.5) is 15.8 Å². The fourth-order valence-corrected chi connectivity index (χ4v) is 3.75. The molecule has 0 saturated carbocycles. The minimum atomic E-state index is -1.16. The third-order valence-corrected chi connectivity index (χ3v) is 5.16. The Kier molecular flexibility index (Phi) is 5.55. The molecule has 2 N–H and O–H groups in total. The van der Waals surface area contributed by atoms with Gasteiger partial charge in [0, 0.05) is 29.4 Å². The summed E-state index contributed by atoms with van der Waals surface area (Å²) < 4.78 is 14.8. The molecule has 7 heteroatoms. The van der Waals surface area contributed by atoms with E-state index < -0.39 is 23.5 Å². The van der Waals surface area contributed by atoms with Crippen molar-refractivity contribution in [3.05, 3.63) is 101 Å². The van der Waals surface area contributed by atoms with Crippen molar-refractivity contribution >= 4 is 34.7 Å². The van der Waals surface area contributed by atoms with Crippen molar-refractivity contribution in [2.75, 3.05) is 10.2 Å². The fourth-order valence-electron chi connectivity index (χ4n) is 3.75. The number of carbonyl (C=O) groups excluding carboxylic acids is 3. The summed E-state index contributed by atoms with van der Waals surface area (Å²) in [7, 11) is 0. The summed E-state index contributed by atoms with van der Waals surface area (Å²) in [4.78, 5) is 38.5. The SMILES string of the molecule is CC(=O)Nc1ccc(N2C(=O)C(=O)/C(=C(/O)c3ccccc3)[C@@H]2c2ccccc2F)cc1. The van der Waals surface area contributed by atoms with Gasteiger partial charge in [0.1, 0.15) is 11.6 Å². The van der Waals surface area contributed by atoms with E-state index in [-0.39, 0.29) is 22.8 Å². The number of aliphatic hydroxyl groups excluding tert-OH is 1. The van der Waals surface area contributed by atoms with E-state index in [1.807, 2.05) is 0 Å². The molecule has 0 bridgehead atoms. The van der Waals surface area contributed by atoms with E-state index in [1.165, 1.54) is 25.1 Å². The van der Waals surface area contributed by atoms with Crippen molar-refractivity contribution in [3.63, 3.8) is 0 Å². The summed E-state index contributed by atoms with van der Waals surface area (Å²) in [6.07, 6.45) is 0. The van der Waals surface area contributed by atoms with Crippen molar-refractivity contribution in [3.8, 4) is 0 Å². The third kappa shape index (κ3) is 3.76. The predicted octanol–water partition coefficient (Wildman–Crippen LogP) is 4.41. The molecular weight excluding hydrogens is 411 g/mol. The van der Waals surface area contributed by atoms with Gasteiger partial charge < -0.3 is 10.4 Å². The summed E-state index contributed by atoms with van der Waals surface area (Å²) in [5, 5.41) is 13.6. The molecule has 1 saturated heterocycles. The molecule has 0 aromatic heterocycles. The van der Waals surface area contributed by atoms with Gasteiger partial charge in [0.25, 0.3) is 11.7 Å². The van der Waals surface area contributed by atoms with Crippen molar-refractivity contribution in [1.29, 1.82) is 0 Å². The van der Waals surface area contributed by atoms with E-state index in [9.17, 15) is 23.9 Å². The molecule has 0 spiro atoms. The van der Waals surface area contributed by atoms with Gasteiger partial charge in [-0.1, -0.05) is 48.5 Å². The first kappa shape index (κ1) is 21.0. The lowest BCUT2D eigenvalue weighted by Crippen LogP contribution is -2.29. The summed E-state index contributed by atoms with van der Waals surface area (Å²) in [5.41, 5.74) is 1.05. The minimum absolute atomic E-state index is 0.0788. The Hall–Kier alpha value is -4.26. The highest BCUT2D eigenvalue weighted by Gasteiger charge is 2.47. The lowest BCUT2D eigenvalue weighted by molar-refractivity contribution is -0.132. The molecule has 1 aliphatic heterocycles. The quantitative estimate of drug-likeness (QED) is 0.365. The maximum atomic E-state index is 14.8. The molecular formula is C25H19FN2O4. The summed E-state index contributed by atoms with van der Waals surface area (Å²) in [6.45, 7) is 1.37. The molecule has 0 radical (unpaired) electrons. The monoisotopic (exact) mass is 430 g/mol. The number of rotatable bonds is 4. The van der Waals surface area contributed by atoms with Gasteiger partial charge in [-0.05, 0) is 30.3 Å². The number of halogens is 1. The van der Waals surface area contributed by atoms with Crippen LogP contribution < -0.4 is 10.2 Å². The van der Waals surface area contributed by atoms with E-state index >= 15 is 0 Å². The van der Waals surface area contributed by atoms with Crippen LogP contribution in [0.25, 0.3) is 5.76 Å². The van der Waals surface area contributed by atoms with E-state index in [2.05, 4.69) is 5.32 Å². The van der Waals surface area contributed by atoms with Crippen LogP contribution >= 0.6 is 0 Å². The molecule has 160 valence electrons. The normalized spacial score (nSPS) is 17.4. The highest BCUT2D eigenvalue weighted by atomic mass is 19.1. The molecule has 3 aromatic carbocycles. The molecule has 1 fully saturated rings. The lowest BCUT2D eigenvalue weighted by Gasteiger charge is -2.26. The van der Waals surface area contributed by atoms with Gasteiger partial charge in [0.15, 0.2) is 0 Å². The first-order chi connectivity index (χ1) is 15.4. The van der Waals surface area contributed by atoms with Crippen LogP contribution in [0.1, 0.15) is 24.1 Å². The predicted molar refractivity (Wildman–Crippen MR) is 118 cm³/mol. The van der Waals surface area contributed by atoms with Crippen LogP contribution in [-0.4, -0.2) is 22.7 Å². The third-order valence-electron chi connectivity index (χ3n) is 5.16. The maximum absolute atomic E-state index is 14.8.